The molecule has 0 fully saturated rings. The van der Waals surface area contributed by atoms with Gasteiger partial charge in [-0.3, -0.25) is 5.10 Å². The first-order valence-electron chi connectivity index (χ1n) is 5.68. The average Bonchev–Trinajstić information content (AvgIpc) is 2.97. The van der Waals surface area contributed by atoms with Gasteiger partial charge in [0.05, 0.1) is 5.25 Å². The second-order valence-electron chi connectivity index (χ2n) is 4.02. The van der Waals surface area contributed by atoms with Crippen molar-refractivity contribution in [2.24, 2.45) is 0 Å². The van der Waals surface area contributed by atoms with Crippen molar-refractivity contribution in [3.8, 4) is 0 Å². The summed E-state index contributed by atoms with van der Waals surface area (Å²) in [5.74, 6) is 0.957. The monoisotopic (exact) mass is 285 g/mol. The van der Waals surface area contributed by atoms with E-state index in [0.29, 0.717) is 18.1 Å². The highest BCUT2D eigenvalue weighted by molar-refractivity contribution is 7.91. The Bertz CT molecular complexity index is 602. The van der Waals surface area contributed by atoms with E-state index in [1.807, 2.05) is 24.4 Å². The van der Waals surface area contributed by atoms with Crippen LogP contribution in [0.4, 0.5) is 0 Å². The summed E-state index contributed by atoms with van der Waals surface area (Å²) >= 11 is 1.45. The first kappa shape index (κ1) is 13.2. The number of aromatic nitrogens is 3. The van der Waals surface area contributed by atoms with Crippen molar-refractivity contribution in [3.05, 3.63) is 34.0 Å². The molecule has 2 rings (SSSR count). The molecule has 0 unspecified atom stereocenters. The molecule has 0 amide bonds. The van der Waals surface area contributed by atoms with Crippen molar-refractivity contribution in [1.82, 2.24) is 15.2 Å². The SMILES string of the molecule is CCc1n[nH]c(CS(=O)(=O)[C@@H](C)c2cccs2)n1. The molecule has 2 aromatic heterocycles. The smallest absolute Gasteiger partial charge is 0.165 e. The topological polar surface area (TPSA) is 75.7 Å². The zero-order valence-corrected chi connectivity index (χ0v) is 11.9. The van der Waals surface area contributed by atoms with Gasteiger partial charge in [0, 0.05) is 11.3 Å². The van der Waals surface area contributed by atoms with Crippen LogP contribution in [0.2, 0.25) is 0 Å². The molecule has 98 valence electrons. The number of aromatic amines is 1. The predicted octanol–water partition coefficient (Wildman–Crippen LogP) is 2.10. The van der Waals surface area contributed by atoms with E-state index in [-0.39, 0.29) is 5.75 Å². The molecule has 0 aliphatic carbocycles. The van der Waals surface area contributed by atoms with Gasteiger partial charge < -0.3 is 0 Å². The first-order chi connectivity index (χ1) is 8.53. The van der Waals surface area contributed by atoms with Gasteiger partial charge in [-0.1, -0.05) is 13.0 Å². The van der Waals surface area contributed by atoms with Crippen LogP contribution >= 0.6 is 11.3 Å². The van der Waals surface area contributed by atoms with Crippen molar-refractivity contribution >= 4 is 21.2 Å². The minimum absolute atomic E-state index is 0.0981. The first-order valence-corrected chi connectivity index (χ1v) is 8.27. The molecule has 0 bridgehead atoms. The maximum Gasteiger partial charge on any atom is 0.165 e. The van der Waals surface area contributed by atoms with Gasteiger partial charge >= 0.3 is 0 Å². The van der Waals surface area contributed by atoms with E-state index in [9.17, 15) is 8.42 Å². The maximum atomic E-state index is 12.2. The zero-order chi connectivity index (χ0) is 13.2. The Morgan fingerprint density at radius 3 is 2.83 bits per heavy atom. The van der Waals surface area contributed by atoms with Crippen molar-refractivity contribution in [1.29, 1.82) is 0 Å². The number of H-pyrrole nitrogens is 1. The molecule has 7 heteroatoms. The van der Waals surface area contributed by atoms with Crippen LogP contribution in [0, 0.1) is 0 Å². The van der Waals surface area contributed by atoms with Crippen LogP contribution in [0.15, 0.2) is 17.5 Å². The summed E-state index contributed by atoms with van der Waals surface area (Å²) < 4.78 is 24.4. The van der Waals surface area contributed by atoms with Crippen molar-refractivity contribution in [2.75, 3.05) is 0 Å². The highest BCUT2D eigenvalue weighted by atomic mass is 32.2. The normalized spacial score (nSPS) is 13.7. The van der Waals surface area contributed by atoms with Crippen LogP contribution in [0.5, 0.6) is 0 Å². The summed E-state index contributed by atoms with van der Waals surface area (Å²) in [5.41, 5.74) is 0. The fourth-order valence-electron chi connectivity index (χ4n) is 1.57. The minimum atomic E-state index is -3.25. The highest BCUT2D eigenvalue weighted by Crippen LogP contribution is 2.27. The third-order valence-corrected chi connectivity index (χ3v) is 5.93. The average molecular weight is 285 g/mol. The molecule has 0 spiro atoms. The van der Waals surface area contributed by atoms with Gasteiger partial charge in [0.2, 0.25) is 0 Å². The lowest BCUT2D eigenvalue weighted by Crippen LogP contribution is -2.12. The maximum absolute atomic E-state index is 12.2. The Labute approximate surface area is 110 Å². The third-order valence-electron chi connectivity index (χ3n) is 2.71. The van der Waals surface area contributed by atoms with Crippen LogP contribution in [-0.2, 0) is 22.0 Å². The summed E-state index contributed by atoms with van der Waals surface area (Å²) in [6, 6.07) is 3.69. The number of rotatable bonds is 5. The zero-order valence-electron chi connectivity index (χ0n) is 10.3. The fraction of sp³-hybridized carbons (Fsp3) is 0.455. The van der Waals surface area contributed by atoms with E-state index in [1.165, 1.54) is 11.3 Å². The molecule has 2 heterocycles. The van der Waals surface area contributed by atoms with E-state index < -0.39 is 15.1 Å². The fourth-order valence-corrected chi connectivity index (χ4v) is 4.03. The van der Waals surface area contributed by atoms with E-state index in [1.54, 1.807) is 6.92 Å². The molecule has 1 N–H and O–H groups in total. The molecular formula is C11H15N3O2S2. The van der Waals surface area contributed by atoms with Crippen LogP contribution in [0.25, 0.3) is 0 Å². The van der Waals surface area contributed by atoms with Gasteiger partial charge in [0.1, 0.15) is 17.4 Å². The van der Waals surface area contributed by atoms with Crippen molar-refractivity contribution in [3.63, 3.8) is 0 Å². The lowest BCUT2D eigenvalue weighted by Gasteiger charge is -2.09. The number of hydrogen-bond donors (Lipinski definition) is 1. The van der Waals surface area contributed by atoms with Crippen LogP contribution in [0.3, 0.4) is 0 Å². The highest BCUT2D eigenvalue weighted by Gasteiger charge is 2.25. The number of hydrogen-bond acceptors (Lipinski definition) is 5. The molecule has 18 heavy (non-hydrogen) atoms. The van der Waals surface area contributed by atoms with E-state index in [4.69, 9.17) is 0 Å². The lowest BCUT2D eigenvalue weighted by atomic mass is 10.4. The molecule has 5 nitrogen and oxygen atoms in total. The molecule has 0 aliphatic rings. The van der Waals surface area contributed by atoms with Gasteiger partial charge in [-0.15, -0.1) is 11.3 Å². The van der Waals surface area contributed by atoms with Gasteiger partial charge in [0.25, 0.3) is 0 Å². The van der Waals surface area contributed by atoms with Crippen LogP contribution in [0.1, 0.15) is 35.6 Å². The van der Waals surface area contributed by atoms with E-state index in [0.717, 1.165) is 4.88 Å². The molecule has 0 radical (unpaired) electrons. The molecule has 2 aromatic rings. The molecular weight excluding hydrogens is 270 g/mol. The van der Waals surface area contributed by atoms with Gasteiger partial charge in [-0.25, -0.2) is 13.4 Å². The predicted molar refractivity (Wildman–Crippen MR) is 71.1 cm³/mol. The number of aryl methyl sites for hydroxylation is 1. The van der Waals surface area contributed by atoms with E-state index >= 15 is 0 Å². The van der Waals surface area contributed by atoms with Gasteiger partial charge in [-0.2, -0.15) is 5.10 Å². The van der Waals surface area contributed by atoms with Crippen LogP contribution in [-0.4, -0.2) is 23.6 Å². The minimum Gasteiger partial charge on any atom is -0.262 e. The Kier molecular flexibility index (Phi) is 3.82. The van der Waals surface area contributed by atoms with Crippen molar-refractivity contribution in [2.45, 2.75) is 31.3 Å². The summed E-state index contributed by atoms with van der Waals surface area (Å²) in [4.78, 5) is 4.99. The molecule has 1 atom stereocenters. The standard InChI is InChI=1S/C11H15N3O2S2/c1-3-10-12-11(14-13-10)7-18(15,16)8(2)9-5-4-6-17-9/h4-6,8H,3,7H2,1-2H3,(H,12,13,14)/t8-/m0/s1. The summed E-state index contributed by atoms with van der Waals surface area (Å²) in [7, 11) is -3.25. The van der Waals surface area contributed by atoms with Gasteiger partial charge in [0.15, 0.2) is 9.84 Å². The molecule has 0 saturated carbocycles. The molecule has 0 aliphatic heterocycles. The molecule has 0 saturated heterocycles. The Morgan fingerprint density at radius 1 is 1.50 bits per heavy atom. The Hall–Kier alpha value is -1.21. The number of sulfone groups is 1. The number of nitrogens with one attached hydrogen (secondary N) is 1. The molecule has 0 aromatic carbocycles. The largest absolute Gasteiger partial charge is 0.262 e. The third kappa shape index (κ3) is 2.78. The Morgan fingerprint density at radius 2 is 2.28 bits per heavy atom. The second-order valence-corrected chi connectivity index (χ2v) is 7.32. The summed E-state index contributed by atoms with van der Waals surface area (Å²) in [5, 5.41) is 7.99. The Balaban J connectivity index is 2.16. The number of thiophene rings is 1. The van der Waals surface area contributed by atoms with Gasteiger partial charge in [-0.05, 0) is 18.4 Å². The lowest BCUT2D eigenvalue weighted by molar-refractivity contribution is 0.584. The number of nitrogens with zero attached hydrogens (tertiary/aromatic N) is 2. The van der Waals surface area contributed by atoms with Crippen LogP contribution < -0.4 is 0 Å². The second kappa shape index (κ2) is 5.19. The van der Waals surface area contributed by atoms with E-state index in [2.05, 4.69) is 15.2 Å². The van der Waals surface area contributed by atoms with Crippen molar-refractivity contribution < 1.29 is 8.42 Å². The quantitative estimate of drug-likeness (QED) is 0.912. The summed E-state index contributed by atoms with van der Waals surface area (Å²) in [6.45, 7) is 3.63. The summed E-state index contributed by atoms with van der Waals surface area (Å²) in [6.07, 6.45) is 0.691.